The fraction of sp³-hybridized carbons (Fsp3) is 0.682. The lowest BCUT2D eigenvalue weighted by Gasteiger charge is -2.53. The largest absolute Gasteiger partial charge is 0.508 e. The number of benzene rings is 1. The number of aliphatic hydroxyl groups is 1. The summed E-state index contributed by atoms with van der Waals surface area (Å²) in [5.74, 6) is 1.57. The number of phenolic OH excluding ortho intramolecular Hbond substituents is 1. The van der Waals surface area contributed by atoms with Crippen molar-refractivity contribution in [3.8, 4) is 5.75 Å². The number of fused-ring (bicyclic) bond motifs is 5. The van der Waals surface area contributed by atoms with Crippen molar-refractivity contribution in [3.05, 3.63) is 28.8 Å². The van der Waals surface area contributed by atoms with Crippen molar-refractivity contribution in [2.24, 2.45) is 23.2 Å². The zero-order chi connectivity index (χ0) is 18.8. The molecule has 1 aromatic carbocycles. The van der Waals surface area contributed by atoms with Gasteiger partial charge in [-0.3, -0.25) is 4.79 Å². The van der Waals surface area contributed by atoms with Crippen molar-refractivity contribution < 1.29 is 15.0 Å². The summed E-state index contributed by atoms with van der Waals surface area (Å²) in [7, 11) is 3.67. The van der Waals surface area contributed by atoms with Crippen molar-refractivity contribution in [2.45, 2.75) is 58.0 Å². The van der Waals surface area contributed by atoms with Gasteiger partial charge in [0, 0.05) is 25.9 Å². The second kappa shape index (κ2) is 5.98. The number of aliphatic hydroxyl groups excluding tert-OH is 1. The van der Waals surface area contributed by atoms with E-state index in [0.717, 1.165) is 31.2 Å². The van der Waals surface area contributed by atoms with Crippen molar-refractivity contribution >= 4 is 5.91 Å². The molecule has 0 bridgehead atoms. The summed E-state index contributed by atoms with van der Waals surface area (Å²) in [4.78, 5) is 14.5. The minimum atomic E-state index is -0.448. The molecule has 0 aromatic heterocycles. The second-order valence-corrected chi connectivity index (χ2v) is 9.27. The second-order valence-electron chi connectivity index (χ2n) is 9.27. The molecule has 2 fully saturated rings. The van der Waals surface area contributed by atoms with Crippen molar-refractivity contribution in [1.29, 1.82) is 0 Å². The molecular formula is C22H31NO3. The number of amides is 1. The van der Waals surface area contributed by atoms with Gasteiger partial charge in [0.25, 0.3) is 0 Å². The number of aryl methyl sites for hydroxylation is 1. The Hall–Kier alpha value is -1.55. The average Bonchev–Trinajstić information content (AvgIpc) is 2.93. The molecule has 0 saturated heterocycles. The fourth-order valence-corrected chi connectivity index (χ4v) is 6.69. The van der Waals surface area contributed by atoms with Crippen LogP contribution < -0.4 is 0 Å². The predicted octanol–water partition coefficient (Wildman–Crippen LogP) is 3.23. The minimum Gasteiger partial charge on any atom is -0.508 e. The first-order valence-electron chi connectivity index (χ1n) is 9.96. The van der Waals surface area contributed by atoms with Gasteiger partial charge in [0.15, 0.2) is 0 Å². The maximum atomic E-state index is 12.8. The lowest BCUT2D eigenvalue weighted by molar-refractivity contribution is -0.140. The molecule has 4 heteroatoms. The molecule has 0 heterocycles. The Morgan fingerprint density at radius 3 is 2.65 bits per heavy atom. The maximum absolute atomic E-state index is 12.8. The van der Waals surface area contributed by atoms with Gasteiger partial charge in [-0.25, -0.2) is 0 Å². The summed E-state index contributed by atoms with van der Waals surface area (Å²) < 4.78 is 0. The van der Waals surface area contributed by atoms with Crippen LogP contribution in [0.1, 0.15) is 55.2 Å². The van der Waals surface area contributed by atoms with Gasteiger partial charge in [0.05, 0.1) is 6.10 Å². The number of nitrogens with zero attached hydrogens (tertiary/aromatic N) is 1. The molecule has 4 nitrogen and oxygen atoms in total. The number of phenols is 1. The molecule has 142 valence electrons. The van der Waals surface area contributed by atoms with Crippen molar-refractivity contribution in [3.63, 3.8) is 0 Å². The van der Waals surface area contributed by atoms with Gasteiger partial charge in [-0.15, -0.1) is 0 Å². The molecule has 2 N–H and O–H groups in total. The number of carbonyl (C=O) groups is 1. The van der Waals surface area contributed by atoms with Crippen LogP contribution in [0, 0.1) is 30.1 Å². The van der Waals surface area contributed by atoms with Crippen LogP contribution in [0.2, 0.25) is 0 Å². The number of carbonyl (C=O) groups excluding carboxylic acids is 1. The lowest BCUT2D eigenvalue weighted by Crippen LogP contribution is -2.51. The van der Waals surface area contributed by atoms with Crippen LogP contribution in [-0.4, -0.2) is 41.2 Å². The normalized spacial score (nSPS) is 38.3. The van der Waals surface area contributed by atoms with E-state index in [1.165, 1.54) is 11.1 Å². The van der Waals surface area contributed by atoms with Gasteiger partial charge in [-0.2, -0.15) is 0 Å². The van der Waals surface area contributed by atoms with Crippen LogP contribution >= 0.6 is 0 Å². The summed E-state index contributed by atoms with van der Waals surface area (Å²) >= 11 is 0. The van der Waals surface area contributed by atoms with E-state index in [0.29, 0.717) is 24.0 Å². The minimum absolute atomic E-state index is 0.0183. The summed E-state index contributed by atoms with van der Waals surface area (Å²) in [5, 5.41) is 21.5. The Bertz CT molecular complexity index is 743. The van der Waals surface area contributed by atoms with Crippen LogP contribution in [0.5, 0.6) is 5.75 Å². The monoisotopic (exact) mass is 357 g/mol. The molecule has 3 unspecified atom stereocenters. The average molecular weight is 357 g/mol. The Balaban J connectivity index is 1.74. The highest BCUT2D eigenvalue weighted by Crippen LogP contribution is 2.63. The fourth-order valence-electron chi connectivity index (χ4n) is 6.69. The van der Waals surface area contributed by atoms with Crippen LogP contribution in [0.25, 0.3) is 0 Å². The summed E-state index contributed by atoms with van der Waals surface area (Å²) in [6.07, 6.45) is 4.10. The van der Waals surface area contributed by atoms with E-state index < -0.39 is 6.10 Å². The summed E-state index contributed by atoms with van der Waals surface area (Å²) in [5.41, 5.74) is 3.27. The van der Waals surface area contributed by atoms with Gasteiger partial charge < -0.3 is 15.1 Å². The quantitative estimate of drug-likeness (QED) is 0.811. The molecule has 6 atom stereocenters. The predicted molar refractivity (Wildman–Crippen MR) is 101 cm³/mol. The van der Waals surface area contributed by atoms with Crippen molar-refractivity contribution in [1.82, 2.24) is 4.90 Å². The summed E-state index contributed by atoms with van der Waals surface area (Å²) in [6, 6.07) is 3.76. The Morgan fingerprint density at radius 2 is 1.96 bits per heavy atom. The van der Waals surface area contributed by atoms with Gasteiger partial charge in [0.1, 0.15) is 5.75 Å². The van der Waals surface area contributed by atoms with E-state index in [-0.39, 0.29) is 23.2 Å². The van der Waals surface area contributed by atoms with E-state index in [1.54, 1.807) is 11.0 Å². The molecule has 3 aliphatic rings. The molecule has 0 radical (unpaired) electrons. The SMILES string of the molecule is Cc1ccc(O)c2c1C1C(CC2)C2CC[C@H](C(=O)N(C)C)[C@@]2(C)C[C@@H]1O. The third-order valence-corrected chi connectivity index (χ3v) is 7.80. The van der Waals surface area contributed by atoms with E-state index in [4.69, 9.17) is 0 Å². The Labute approximate surface area is 156 Å². The molecule has 0 aliphatic heterocycles. The Kier molecular flexibility index (Phi) is 4.11. The molecular weight excluding hydrogens is 326 g/mol. The van der Waals surface area contributed by atoms with Crippen molar-refractivity contribution in [2.75, 3.05) is 14.1 Å². The van der Waals surface area contributed by atoms with E-state index >= 15 is 0 Å². The van der Waals surface area contributed by atoms with Crippen LogP contribution in [0.15, 0.2) is 12.1 Å². The number of aromatic hydroxyl groups is 1. The lowest BCUT2D eigenvalue weighted by atomic mass is 9.52. The zero-order valence-corrected chi connectivity index (χ0v) is 16.3. The molecule has 4 rings (SSSR count). The molecule has 3 aliphatic carbocycles. The molecule has 1 amide bonds. The standard InChI is InChI=1S/C22H31NO3/c1-12-5-10-17(24)14-7-6-13-15-8-9-16(21(26)23(3)4)22(15,2)11-18(25)20(13)19(12)14/h5,10,13,15-16,18,20,24-25H,6-9,11H2,1-4H3/t13?,15?,16-,18+,20?,22+/m1/s1. The number of hydrogen-bond donors (Lipinski definition) is 2. The first-order chi connectivity index (χ1) is 12.3. The van der Waals surface area contributed by atoms with Crippen LogP contribution in [0.4, 0.5) is 0 Å². The number of hydrogen-bond acceptors (Lipinski definition) is 3. The first-order valence-corrected chi connectivity index (χ1v) is 9.96. The Morgan fingerprint density at radius 1 is 1.23 bits per heavy atom. The molecule has 0 spiro atoms. The zero-order valence-electron chi connectivity index (χ0n) is 16.3. The highest BCUT2D eigenvalue weighted by Gasteiger charge is 2.59. The van der Waals surface area contributed by atoms with Crippen LogP contribution in [0.3, 0.4) is 0 Å². The highest BCUT2D eigenvalue weighted by molar-refractivity contribution is 5.79. The third-order valence-electron chi connectivity index (χ3n) is 7.80. The highest BCUT2D eigenvalue weighted by atomic mass is 16.3. The van der Waals surface area contributed by atoms with E-state index in [1.807, 2.05) is 20.2 Å². The smallest absolute Gasteiger partial charge is 0.225 e. The first kappa shape index (κ1) is 17.8. The van der Waals surface area contributed by atoms with Gasteiger partial charge >= 0.3 is 0 Å². The van der Waals surface area contributed by atoms with E-state index in [9.17, 15) is 15.0 Å². The van der Waals surface area contributed by atoms with Gasteiger partial charge in [-0.1, -0.05) is 13.0 Å². The maximum Gasteiger partial charge on any atom is 0.225 e. The molecule has 26 heavy (non-hydrogen) atoms. The molecule has 1 aromatic rings. The summed E-state index contributed by atoms with van der Waals surface area (Å²) in [6.45, 7) is 4.33. The number of rotatable bonds is 1. The van der Waals surface area contributed by atoms with Gasteiger partial charge in [-0.05, 0) is 79.0 Å². The van der Waals surface area contributed by atoms with Crippen LogP contribution in [-0.2, 0) is 11.2 Å². The van der Waals surface area contributed by atoms with E-state index in [2.05, 4.69) is 13.8 Å². The molecule has 2 saturated carbocycles. The third kappa shape index (κ3) is 2.34. The topological polar surface area (TPSA) is 60.8 Å². The van der Waals surface area contributed by atoms with Gasteiger partial charge in [0.2, 0.25) is 5.91 Å².